The Kier molecular flexibility index (Phi) is 4.23. The molecule has 0 aliphatic carbocycles. The van der Waals surface area contributed by atoms with Crippen LogP contribution in [0.5, 0.6) is 0 Å². The van der Waals surface area contributed by atoms with Gasteiger partial charge in [-0.1, -0.05) is 30.3 Å². The number of para-hydroxylation sites is 2. The third kappa shape index (κ3) is 2.97. The third-order valence-corrected chi connectivity index (χ3v) is 4.47. The molecule has 0 amide bonds. The molecule has 0 saturated carbocycles. The summed E-state index contributed by atoms with van der Waals surface area (Å²) in [5.41, 5.74) is 1.63. The van der Waals surface area contributed by atoms with E-state index in [-0.39, 0.29) is 11.4 Å². The second-order valence-electron chi connectivity index (χ2n) is 6.03. The van der Waals surface area contributed by atoms with Crippen LogP contribution in [0.15, 0.2) is 54.6 Å². The number of hydrogen-bond donors (Lipinski definition) is 0. The Morgan fingerprint density at radius 3 is 2.19 bits per heavy atom. The Morgan fingerprint density at radius 2 is 1.50 bits per heavy atom. The van der Waals surface area contributed by atoms with Crippen LogP contribution in [-0.4, -0.2) is 41.2 Å². The van der Waals surface area contributed by atoms with Gasteiger partial charge in [-0.05, 0) is 24.3 Å². The molecule has 3 aromatic rings. The summed E-state index contributed by atoms with van der Waals surface area (Å²) < 4.78 is 14.0. The number of hydrogen-bond acceptors (Lipinski definition) is 5. The maximum Gasteiger partial charge on any atom is 0.207 e. The Morgan fingerprint density at radius 1 is 0.846 bits per heavy atom. The minimum Gasteiger partial charge on any atom is -0.368 e. The van der Waals surface area contributed by atoms with Crippen LogP contribution in [0, 0.1) is 17.1 Å². The van der Waals surface area contributed by atoms with Crippen LogP contribution in [0.3, 0.4) is 0 Å². The number of halogens is 1. The van der Waals surface area contributed by atoms with Gasteiger partial charge < -0.3 is 9.80 Å². The molecule has 130 valence electrons. The van der Waals surface area contributed by atoms with Gasteiger partial charge in [0, 0.05) is 31.9 Å². The van der Waals surface area contributed by atoms with E-state index >= 15 is 0 Å². The van der Waals surface area contributed by atoms with Gasteiger partial charge in [0.15, 0.2) is 11.6 Å². The summed E-state index contributed by atoms with van der Waals surface area (Å²) in [4.78, 5) is 5.53. The van der Waals surface area contributed by atoms with E-state index in [0.29, 0.717) is 5.82 Å². The van der Waals surface area contributed by atoms with Gasteiger partial charge in [0.25, 0.3) is 0 Å². The van der Waals surface area contributed by atoms with Crippen molar-refractivity contribution < 1.29 is 4.39 Å². The first-order chi connectivity index (χ1) is 12.8. The summed E-state index contributed by atoms with van der Waals surface area (Å²) in [6.45, 7) is 3.09. The van der Waals surface area contributed by atoms with E-state index in [1.54, 1.807) is 18.2 Å². The van der Waals surface area contributed by atoms with Crippen molar-refractivity contribution >= 4 is 11.5 Å². The SMILES string of the molecule is N#Cc1nn(-c2ccccc2F)nc1N1CCN(c2ccccc2)CC1. The number of nitrogens with zero attached hydrogens (tertiary/aromatic N) is 6. The molecular formula is C19H17FN6. The number of anilines is 2. The molecule has 6 nitrogen and oxygen atoms in total. The Labute approximate surface area is 150 Å². The molecule has 2 heterocycles. The summed E-state index contributed by atoms with van der Waals surface area (Å²) in [6, 6.07) is 18.6. The van der Waals surface area contributed by atoms with E-state index in [9.17, 15) is 9.65 Å². The highest BCUT2D eigenvalue weighted by atomic mass is 19.1. The topological polar surface area (TPSA) is 61.0 Å². The van der Waals surface area contributed by atoms with Gasteiger partial charge in [0.1, 0.15) is 11.8 Å². The van der Waals surface area contributed by atoms with E-state index in [2.05, 4.69) is 33.3 Å². The molecule has 1 aromatic heterocycles. The molecule has 0 radical (unpaired) electrons. The maximum absolute atomic E-state index is 14.0. The average molecular weight is 348 g/mol. The molecule has 1 aliphatic heterocycles. The van der Waals surface area contributed by atoms with E-state index < -0.39 is 5.82 Å². The van der Waals surface area contributed by atoms with Gasteiger partial charge in [-0.25, -0.2) is 4.39 Å². The highest BCUT2D eigenvalue weighted by Crippen LogP contribution is 2.22. The minimum atomic E-state index is -0.424. The molecule has 0 atom stereocenters. The van der Waals surface area contributed by atoms with Gasteiger partial charge in [-0.3, -0.25) is 0 Å². The van der Waals surface area contributed by atoms with E-state index in [4.69, 9.17) is 0 Å². The van der Waals surface area contributed by atoms with Crippen molar-refractivity contribution in [2.24, 2.45) is 0 Å². The normalized spacial score (nSPS) is 14.3. The second-order valence-corrected chi connectivity index (χ2v) is 6.03. The van der Waals surface area contributed by atoms with Gasteiger partial charge in [-0.15, -0.1) is 15.0 Å². The van der Waals surface area contributed by atoms with Crippen LogP contribution in [0.4, 0.5) is 15.9 Å². The molecule has 1 fully saturated rings. The van der Waals surface area contributed by atoms with Crippen molar-refractivity contribution in [3.63, 3.8) is 0 Å². The van der Waals surface area contributed by atoms with Crippen LogP contribution in [-0.2, 0) is 0 Å². The Balaban J connectivity index is 1.56. The molecule has 0 unspecified atom stereocenters. The van der Waals surface area contributed by atoms with Gasteiger partial charge in [0.2, 0.25) is 5.69 Å². The largest absolute Gasteiger partial charge is 0.368 e. The predicted octanol–water partition coefficient (Wildman–Crippen LogP) is 2.60. The molecular weight excluding hydrogens is 331 g/mol. The molecule has 4 rings (SSSR count). The van der Waals surface area contributed by atoms with Gasteiger partial charge in [0.05, 0.1) is 0 Å². The predicted molar refractivity (Wildman–Crippen MR) is 96.9 cm³/mol. The number of rotatable bonds is 3. The minimum absolute atomic E-state index is 0.210. The Hall–Kier alpha value is -3.40. The monoisotopic (exact) mass is 348 g/mol. The first kappa shape index (κ1) is 16.1. The molecule has 0 N–H and O–H groups in total. The average Bonchev–Trinajstić information content (AvgIpc) is 3.13. The van der Waals surface area contributed by atoms with Gasteiger partial charge >= 0.3 is 0 Å². The zero-order chi connectivity index (χ0) is 17.9. The molecule has 1 saturated heterocycles. The van der Waals surface area contributed by atoms with Crippen LogP contribution in [0.2, 0.25) is 0 Å². The summed E-state index contributed by atoms with van der Waals surface area (Å²) >= 11 is 0. The highest BCUT2D eigenvalue weighted by Gasteiger charge is 2.24. The molecule has 2 aromatic carbocycles. The van der Waals surface area contributed by atoms with Crippen LogP contribution < -0.4 is 9.80 Å². The third-order valence-electron chi connectivity index (χ3n) is 4.47. The lowest BCUT2D eigenvalue weighted by Crippen LogP contribution is -2.47. The number of aromatic nitrogens is 3. The molecule has 26 heavy (non-hydrogen) atoms. The van der Waals surface area contributed by atoms with Crippen molar-refractivity contribution in [1.29, 1.82) is 5.26 Å². The lowest BCUT2D eigenvalue weighted by Gasteiger charge is -2.36. The summed E-state index contributed by atoms with van der Waals surface area (Å²) in [5.74, 6) is 0.0795. The summed E-state index contributed by atoms with van der Waals surface area (Å²) in [5, 5.41) is 18.0. The van der Waals surface area contributed by atoms with Crippen LogP contribution in [0.1, 0.15) is 5.69 Å². The zero-order valence-corrected chi connectivity index (χ0v) is 14.1. The fourth-order valence-corrected chi connectivity index (χ4v) is 3.12. The van der Waals surface area contributed by atoms with E-state index in [0.717, 1.165) is 26.2 Å². The molecule has 0 spiro atoms. The number of benzene rings is 2. The van der Waals surface area contributed by atoms with Crippen molar-refractivity contribution in [3.8, 4) is 11.8 Å². The molecule has 1 aliphatic rings. The fourth-order valence-electron chi connectivity index (χ4n) is 3.12. The summed E-state index contributed by atoms with van der Waals surface area (Å²) in [6.07, 6.45) is 0. The van der Waals surface area contributed by atoms with Crippen molar-refractivity contribution in [2.75, 3.05) is 36.0 Å². The van der Waals surface area contributed by atoms with Crippen LogP contribution in [0.25, 0.3) is 5.69 Å². The quantitative estimate of drug-likeness (QED) is 0.728. The van der Waals surface area contributed by atoms with Crippen molar-refractivity contribution in [2.45, 2.75) is 0 Å². The first-order valence-electron chi connectivity index (χ1n) is 8.43. The molecule has 0 bridgehead atoms. The fraction of sp³-hybridized carbons (Fsp3) is 0.211. The maximum atomic E-state index is 14.0. The Bertz CT molecular complexity index is 938. The number of piperazine rings is 1. The van der Waals surface area contributed by atoms with Gasteiger partial charge in [-0.2, -0.15) is 5.26 Å². The lowest BCUT2D eigenvalue weighted by atomic mass is 10.2. The van der Waals surface area contributed by atoms with Crippen LogP contribution >= 0.6 is 0 Å². The van der Waals surface area contributed by atoms with Crippen molar-refractivity contribution in [3.05, 3.63) is 66.1 Å². The van der Waals surface area contributed by atoms with E-state index in [1.165, 1.54) is 16.6 Å². The van der Waals surface area contributed by atoms with E-state index in [1.807, 2.05) is 23.1 Å². The summed E-state index contributed by atoms with van der Waals surface area (Å²) in [7, 11) is 0. The standard InChI is InChI=1S/C19H17FN6/c20-16-8-4-5-9-18(16)26-22-17(14-21)19(23-26)25-12-10-24(11-13-25)15-6-2-1-3-7-15/h1-9H,10-13H2. The smallest absolute Gasteiger partial charge is 0.207 e. The van der Waals surface area contributed by atoms with Crippen molar-refractivity contribution in [1.82, 2.24) is 15.0 Å². The second kappa shape index (κ2) is 6.84. The zero-order valence-electron chi connectivity index (χ0n) is 14.1. The molecule has 7 heteroatoms. The lowest BCUT2D eigenvalue weighted by molar-refractivity contribution is 0.593. The first-order valence-corrected chi connectivity index (χ1v) is 8.43. The highest BCUT2D eigenvalue weighted by molar-refractivity contribution is 5.53. The number of nitriles is 1.